The van der Waals surface area contributed by atoms with Gasteiger partial charge in [0.1, 0.15) is 16.5 Å². The molecule has 152 valence electrons. The second kappa shape index (κ2) is 8.01. The molecule has 0 amide bonds. The quantitative estimate of drug-likeness (QED) is 0.674. The molecule has 3 aromatic rings. The number of thiophene rings is 1. The van der Waals surface area contributed by atoms with Gasteiger partial charge >= 0.3 is 0 Å². The summed E-state index contributed by atoms with van der Waals surface area (Å²) in [6.45, 7) is 8.68. The van der Waals surface area contributed by atoms with Crippen LogP contribution in [0.2, 0.25) is 0 Å². The molecule has 29 heavy (non-hydrogen) atoms. The fourth-order valence-electron chi connectivity index (χ4n) is 4.53. The van der Waals surface area contributed by atoms with Gasteiger partial charge in [-0.15, -0.1) is 11.3 Å². The minimum absolute atomic E-state index is 0.197. The lowest BCUT2D eigenvalue weighted by molar-refractivity contribution is 0.0331. The Hall–Kier alpha value is -2.02. The highest BCUT2D eigenvalue weighted by Crippen LogP contribution is 2.40. The predicted molar refractivity (Wildman–Crippen MR) is 119 cm³/mol. The molecule has 0 unspecified atom stereocenters. The van der Waals surface area contributed by atoms with E-state index in [1.165, 1.54) is 39.8 Å². The zero-order valence-corrected chi connectivity index (χ0v) is 18.0. The summed E-state index contributed by atoms with van der Waals surface area (Å²) in [7, 11) is 0. The lowest BCUT2D eigenvalue weighted by Gasteiger charge is -2.26. The van der Waals surface area contributed by atoms with Gasteiger partial charge in [-0.2, -0.15) is 0 Å². The largest absolute Gasteiger partial charge is 0.379 e. The number of anilines is 1. The number of fused-ring (bicyclic) bond motifs is 3. The molecule has 1 saturated heterocycles. The molecule has 1 fully saturated rings. The summed E-state index contributed by atoms with van der Waals surface area (Å²) in [5.41, 5.74) is 4.10. The molecule has 1 aliphatic heterocycles. The van der Waals surface area contributed by atoms with Crippen LogP contribution < -0.4 is 5.32 Å². The van der Waals surface area contributed by atoms with Crippen molar-refractivity contribution in [2.75, 3.05) is 31.6 Å². The maximum absolute atomic E-state index is 5.49. The number of aryl methyl sites for hydroxylation is 3. The minimum Gasteiger partial charge on any atom is -0.379 e. The number of hydrogen-bond acceptors (Lipinski definition) is 6. The van der Waals surface area contributed by atoms with E-state index in [9.17, 15) is 0 Å². The van der Waals surface area contributed by atoms with Gasteiger partial charge in [0, 0.05) is 18.0 Å². The van der Waals surface area contributed by atoms with Crippen molar-refractivity contribution in [3.05, 3.63) is 51.7 Å². The van der Waals surface area contributed by atoms with Gasteiger partial charge in [0.15, 0.2) is 0 Å². The summed E-state index contributed by atoms with van der Waals surface area (Å²) in [5, 5.41) is 5.01. The van der Waals surface area contributed by atoms with Crippen molar-refractivity contribution in [1.29, 1.82) is 0 Å². The molecule has 1 atom stereocenters. The third kappa shape index (κ3) is 3.77. The highest BCUT2D eigenvalue weighted by atomic mass is 32.1. The van der Waals surface area contributed by atoms with E-state index in [1.807, 2.05) is 11.3 Å². The molecule has 3 heterocycles. The van der Waals surface area contributed by atoms with Crippen LogP contribution in [0.5, 0.6) is 0 Å². The summed E-state index contributed by atoms with van der Waals surface area (Å²) in [6, 6.07) is 8.79. The molecule has 1 aromatic carbocycles. The third-order valence-electron chi connectivity index (χ3n) is 6.09. The van der Waals surface area contributed by atoms with Crippen LogP contribution in [0.4, 0.5) is 5.82 Å². The Kier molecular flexibility index (Phi) is 5.24. The van der Waals surface area contributed by atoms with E-state index in [0.29, 0.717) is 0 Å². The molecule has 0 bridgehead atoms. The van der Waals surface area contributed by atoms with Gasteiger partial charge in [0.05, 0.1) is 31.2 Å². The van der Waals surface area contributed by atoms with Gasteiger partial charge in [-0.1, -0.05) is 24.3 Å². The fraction of sp³-hybridized carbons (Fsp3) is 0.478. The van der Waals surface area contributed by atoms with E-state index in [2.05, 4.69) is 48.3 Å². The Bertz CT molecular complexity index is 1030. The van der Waals surface area contributed by atoms with Gasteiger partial charge in [0.25, 0.3) is 0 Å². The third-order valence-corrected chi connectivity index (χ3v) is 7.27. The summed E-state index contributed by atoms with van der Waals surface area (Å²) in [6.07, 6.45) is 3.58. The van der Waals surface area contributed by atoms with Gasteiger partial charge in [-0.3, -0.25) is 4.90 Å². The SMILES string of the molecule is Cc1ccccc1[C@@H](C)Nc1nc(CN2CCOCC2)nc2sc3c(c12)CCC3. The summed E-state index contributed by atoms with van der Waals surface area (Å²) >= 11 is 1.87. The van der Waals surface area contributed by atoms with Gasteiger partial charge in [0.2, 0.25) is 0 Å². The van der Waals surface area contributed by atoms with Gasteiger partial charge < -0.3 is 10.1 Å². The topological polar surface area (TPSA) is 50.3 Å². The van der Waals surface area contributed by atoms with Crippen LogP contribution in [0.15, 0.2) is 24.3 Å². The number of benzene rings is 1. The Balaban J connectivity index is 1.51. The first-order valence-corrected chi connectivity index (χ1v) is 11.4. The van der Waals surface area contributed by atoms with Crippen LogP contribution in [0.3, 0.4) is 0 Å². The highest BCUT2D eigenvalue weighted by Gasteiger charge is 2.24. The smallest absolute Gasteiger partial charge is 0.146 e. The zero-order chi connectivity index (χ0) is 19.8. The van der Waals surface area contributed by atoms with E-state index in [1.54, 1.807) is 0 Å². The summed E-state index contributed by atoms with van der Waals surface area (Å²) in [5.74, 6) is 1.92. The molecule has 0 saturated carbocycles. The monoisotopic (exact) mass is 408 g/mol. The Labute approximate surface area is 176 Å². The maximum atomic E-state index is 5.49. The van der Waals surface area contributed by atoms with Crippen LogP contribution in [0, 0.1) is 6.92 Å². The van der Waals surface area contributed by atoms with Gasteiger partial charge in [-0.05, 0) is 49.8 Å². The van der Waals surface area contributed by atoms with Crippen molar-refractivity contribution in [1.82, 2.24) is 14.9 Å². The standard InChI is InChI=1S/C23H28N4OS/c1-15-6-3-4-7-17(15)16(2)24-22-21-18-8-5-9-19(18)29-23(21)26-20(25-22)14-27-10-12-28-13-11-27/h3-4,6-7,16H,5,8-14H2,1-2H3,(H,24,25,26)/t16-/m1/s1. The Morgan fingerprint density at radius 3 is 2.83 bits per heavy atom. The Morgan fingerprint density at radius 1 is 1.17 bits per heavy atom. The maximum Gasteiger partial charge on any atom is 0.146 e. The van der Waals surface area contributed by atoms with Gasteiger partial charge in [-0.25, -0.2) is 9.97 Å². The van der Waals surface area contributed by atoms with Crippen molar-refractivity contribution in [2.24, 2.45) is 0 Å². The molecule has 0 spiro atoms. The highest BCUT2D eigenvalue weighted by molar-refractivity contribution is 7.19. The molecule has 1 aliphatic carbocycles. The first-order chi connectivity index (χ1) is 14.2. The first-order valence-electron chi connectivity index (χ1n) is 10.6. The molecule has 5 rings (SSSR count). The number of rotatable bonds is 5. The number of aromatic nitrogens is 2. The zero-order valence-electron chi connectivity index (χ0n) is 17.2. The van der Waals surface area contributed by atoms with Crippen LogP contribution >= 0.6 is 11.3 Å². The molecule has 6 heteroatoms. The molecule has 2 aliphatic rings. The van der Waals surface area contributed by atoms with Crippen LogP contribution in [0.25, 0.3) is 10.2 Å². The van der Waals surface area contributed by atoms with Crippen molar-refractivity contribution in [3.63, 3.8) is 0 Å². The number of nitrogens with one attached hydrogen (secondary N) is 1. The van der Waals surface area contributed by atoms with Crippen LogP contribution in [0.1, 0.15) is 46.8 Å². The second-order valence-corrected chi connectivity index (χ2v) is 9.22. The van der Waals surface area contributed by atoms with Crippen molar-refractivity contribution in [3.8, 4) is 0 Å². The minimum atomic E-state index is 0.197. The van der Waals surface area contributed by atoms with E-state index >= 15 is 0 Å². The van der Waals surface area contributed by atoms with Crippen LogP contribution in [-0.2, 0) is 24.1 Å². The van der Waals surface area contributed by atoms with E-state index in [0.717, 1.165) is 55.7 Å². The molecule has 0 radical (unpaired) electrons. The van der Waals surface area contributed by atoms with E-state index in [4.69, 9.17) is 14.7 Å². The van der Waals surface area contributed by atoms with Crippen molar-refractivity contribution >= 4 is 27.4 Å². The second-order valence-electron chi connectivity index (χ2n) is 8.14. The normalized spacial score (nSPS) is 18.1. The predicted octanol–water partition coefficient (Wildman–Crippen LogP) is 4.49. The summed E-state index contributed by atoms with van der Waals surface area (Å²) < 4.78 is 5.49. The average molecular weight is 409 g/mol. The number of hydrogen-bond donors (Lipinski definition) is 1. The fourth-order valence-corrected chi connectivity index (χ4v) is 5.81. The first kappa shape index (κ1) is 19.0. The van der Waals surface area contributed by atoms with Crippen molar-refractivity contribution < 1.29 is 4.74 Å². The molecular formula is C23H28N4OS. The lowest BCUT2D eigenvalue weighted by Crippen LogP contribution is -2.36. The number of morpholine rings is 1. The average Bonchev–Trinajstić information content (AvgIpc) is 3.30. The molecule has 1 N–H and O–H groups in total. The molecular weight excluding hydrogens is 380 g/mol. The lowest BCUT2D eigenvalue weighted by atomic mass is 10.0. The Morgan fingerprint density at radius 2 is 2.00 bits per heavy atom. The van der Waals surface area contributed by atoms with Crippen molar-refractivity contribution in [2.45, 2.75) is 45.7 Å². The number of ether oxygens (including phenoxy) is 1. The van der Waals surface area contributed by atoms with E-state index < -0.39 is 0 Å². The molecule has 5 nitrogen and oxygen atoms in total. The summed E-state index contributed by atoms with van der Waals surface area (Å²) in [4.78, 5) is 15.1. The van der Waals surface area contributed by atoms with E-state index in [-0.39, 0.29) is 6.04 Å². The molecule has 2 aromatic heterocycles. The number of nitrogens with zero attached hydrogens (tertiary/aromatic N) is 3. The van der Waals surface area contributed by atoms with Crippen LogP contribution in [-0.4, -0.2) is 41.2 Å².